The number of benzene rings is 1. The van der Waals surface area contributed by atoms with Crippen LogP contribution in [0, 0.1) is 18.8 Å². The molecule has 1 aromatic carbocycles. The SMILES string of the molecule is COc1cc(C[C@H]2CO[S@@](=O)OC2)ccc1Oc1ncnc(OC2CCN(C(=O)OCC(C)C)CC2)c1C. The highest BCUT2D eigenvalue weighted by atomic mass is 32.2. The molecule has 0 atom stereocenters. The van der Waals surface area contributed by atoms with E-state index < -0.39 is 11.4 Å². The molecule has 0 spiro atoms. The number of hydrogen-bond donors (Lipinski definition) is 0. The van der Waals surface area contributed by atoms with E-state index >= 15 is 0 Å². The minimum Gasteiger partial charge on any atom is -0.493 e. The minimum absolute atomic E-state index is 0.0791. The average Bonchev–Trinajstić information content (AvgIpc) is 2.92. The fourth-order valence-corrected chi connectivity index (χ4v) is 4.82. The Morgan fingerprint density at radius 1 is 1.13 bits per heavy atom. The average molecular weight is 550 g/mol. The van der Waals surface area contributed by atoms with E-state index in [1.807, 2.05) is 39.0 Å². The monoisotopic (exact) mass is 549 g/mol. The molecule has 2 aromatic rings. The van der Waals surface area contributed by atoms with Gasteiger partial charge in [0.05, 0.1) is 32.5 Å². The number of rotatable bonds is 9. The molecule has 12 heteroatoms. The van der Waals surface area contributed by atoms with Gasteiger partial charge in [0.1, 0.15) is 12.4 Å². The predicted octanol–water partition coefficient (Wildman–Crippen LogP) is 4.01. The lowest BCUT2D eigenvalue weighted by Crippen LogP contribution is -2.42. The number of carbonyl (C=O) groups is 1. The van der Waals surface area contributed by atoms with Crippen molar-refractivity contribution in [1.82, 2.24) is 14.9 Å². The predicted molar refractivity (Wildman–Crippen MR) is 138 cm³/mol. The molecular weight excluding hydrogens is 514 g/mol. The van der Waals surface area contributed by atoms with E-state index in [1.54, 1.807) is 12.0 Å². The topological polar surface area (TPSA) is 119 Å². The maximum atomic E-state index is 12.2. The fourth-order valence-electron chi connectivity index (χ4n) is 4.15. The van der Waals surface area contributed by atoms with Crippen LogP contribution in [0.2, 0.25) is 0 Å². The van der Waals surface area contributed by atoms with E-state index in [1.165, 1.54) is 6.33 Å². The largest absolute Gasteiger partial charge is 0.493 e. The summed E-state index contributed by atoms with van der Waals surface area (Å²) in [4.78, 5) is 22.5. The van der Waals surface area contributed by atoms with Crippen LogP contribution in [-0.4, -0.2) is 71.3 Å². The Balaban J connectivity index is 1.35. The number of piperidine rings is 1. The van der Waals surface area contributed by atoms with Crippen molar-refractivity contribution in [2.45, 2.75) is 46.1 Å². The van der Waals surface area contributed by atoms with Crippen molar-refractivity contribution in [3.05, 3.63) is 35.7 Å². The number of hydrogen-bond acceptors (Lipinski definition) is 10. The summed E-state index contributed by atoms with van der Waals surface area (Å²) in [7, 11) is 1.58. The maximum absolute atomic E-state index is 12.2. The Bertz CT molecular complexity index is 1110. The number of amides is 1. The van der Waals surface area contributed by atoms with Gasteiger partial charge in [0.2, 0.25) is 11.8 Å². The summed E-state index contributed by atoms with van der Waals surface area (Å²) in [6.07, 6.45) is 3.10. The molecule has 0 unspecified atom stereocenters. The summed E-state index contributed by atoms with van der Waals surface area (Å²) in [5.74, 6) is 2.28. The van der Waals surface area contributed by atoms with Crippen LogP contribution >= 0.6 is 0 Å². The van der Waals surface area contributed by atoms with Crippen molar-refractivity contribution in [3.8, 4) is 23.3 Å². The van der Waals surface area contributed by atoms with Crippen LogP contribution in [0.15, 0.2) is 24.5 Å². The van der Waals surface area contributed by atoms with Gasteiger partial charge in [-0.05, 0) is 37.0 Å². The summed E-state index contributed by atoms with van der Waals surface area (Å²) in [6.45, 7) is 8.16. The van der Waals surface area contributed by atoms with E-state index in [0.29, 0.717) is 86.9 Å². The molecule has 1 aromatic heterocycles. The van der Waals surface area contributed by atoms with E-state index in [-0.39, 0.29) is 18.1 Å². The lowest BCUT2D eigenvalue weighted by atomic mass is 10.0. The van der Waals surface area contributed by atoms with E-state index in [9.17, 15) is 9.00 Å². The molecule has 2 aliphatic rings. The third kappa shape index (κ3) is 7.55. The molecule has 11 nitrogen and oxygen atoms in total. The van der Waals surface area contributed by atoms with E-state index in [0.717, 1.165) is 5.56 Å². The van der Waals surface area contributed by atoms with Gasteiger partial charge in [0, 0.05) is 31.8 Å². The maximum Gasteiger partial charge on any atom is 0.409 e. The Labute approximate surface area is 225 Å². The third-order valence-corrected chi connectivity index (χ3v) is 6.93. The molecule has 38 heavy (non-hydrogen) atoms. The molecule has 2 fully saturated rings. The number of ether oxygens (including phenoxy) is 4. The molecule has 208 valence electrons. The van der Waals surface area contributed by atoms with Gasteiger partial charge < -0.3 is 23.8 Å². The van der Waals surface area contributed by atoms with Gasteiger partial charge in [-0.25, -0.2) is 14.8 Å². The van der Waals surface area contributed by atoms with Crippen molar-refractivity contribution < 1.29 is 36.3 Å². The standard InChI is InChI=1S/C26H35N3O8S/c1-17(2)13-33-26(30)29-9-7-21(8-10-29)36-24-18(3)25(28-16-27-24)37-22-6-5-19(12-23(22)32-4)11-20-14-34-38(31)35-15-20/h5-6,12,16-17,20-21H,7-11,13-15H2,1-4H3/t20-,38+. The van der Waals surface area contributed by atoms with Crippen LogP contribution < -0.4 is 14.2 Å². The van der Waals surface area contributed by atoms with Crippen molar-refractivity contribution in [2.75, 3.05) is 40.0 Å². The van der Waals surface area contributed by atoms with Gasteiger partial charge in [-0.15, -0.1) is 0 Å². The van der Waals surface area contributed by atoms with Gasteiger partial charge in [-0.3, -0.25) is 8.37 Å². The Morgan fingerprint density at radius 3 is 2.53 bits per heavy atom. The highest BCUT2D eigenvalue weighted by Gasteiger charge is 2.26. The minimum atomic E-state index is -1.65. The quantitative estimate of drug-likeness (QED) is 0.454. The fraction of sp³-hybridized carbons (Fsp3) is 0.577. The third-order valence-electron chi connectivity index (χ3n) is 6.27. The van der Waals surface area contributed by atoms with Crippen LogP contribution in [0.3, 0.4) is 0 Å². The highest BCUT2D eigenvalue weighted by Crippen LogP contribution is 2.35. The summed E-state index contributed by atoms with van der Waals surface area (Å²) in [5.41, 5.74) is 1.68. The molecule has 0 saturated carbocycles. The van der Waals surface area contributed by atoms with Gasteiger partial charge >= 0.3 is 17.5 Å². The van der Waals surface area contributed by atoms with Gasteiger partial charge in [0.15, 0.2) is 11.5 Å². The first-order valence-corrected chi connectivity index (χ1v) is 13.8. The summed E-state index contributed by atoms with van der Waals surface area (Å²) in [5, 5.41) is 0. The van der Waals surface area contributed by atoms with Gasteiger partial charge in [-0.1, -0.05) is 19.9 Å². The zero-order chi connectivity index (χ0) is 27.1. The first-order chi connectivity index (χ1) is 18.3. The number of nitrogens with zero attached hydrogens (tertiary/aromatic N) is 3. The first kappa shape index (κ1) is 28.1. The Kier molecular flexibility index (Phi) is 9.75. The molecule has 0 radical (unpaired) electrons. The molecule has 0 bridgehead atoms. The molecule has 2 saturated heterocycles. The van der Waals surface area contributed by atoms with E-state index in [4.69, 9.17) is 27.3 Å². The van der Waals surface area contributed by atoms with Crippen LogP contribution in [0.5, 0.6) is 23.3 Å². The van der Waals surface area contributed by atoms with E-state index in [2.05, 4.69) is 9.97 Å². The molecule has 0 aliphatic carbocycles. The molecule has 4 rings (SSSR count). The second-order valence-corrected chi connectivity index (χ2v) is 10.7. The normalized spacial score (nSPS) is 20.3. The number of carbonyl (C=O) groups excluding carboxylic acids is 1. The van der Waals surface area contributed by atoms with Crippen LogP contribution in [0.4, 0.5) is 4.79 Å². The smallest absolute Gasteiger partial charge is 0.409 e. The van der Waals surface area contributed by atoms with Crippen molar-refractivity contribution in [1.29, 1.82) is 0 Å². The lowest BCUT2D eigenvalue weighted by molar-refractivity contribution is 0.0603. The highest BCUT2D eigenvalue weighted by molar-refractivity contribution is 7.75. The summed E-state index contributed by atoms with van der Waals surface area (Å²) < 4.78 is 44.5. The molecule has 0 N–H and O–H groups in total. The van der Waals surface area contributed by atoms with Crippen LogP contribution in [0.25, 0.3) is 0 Å². The van der Waals surface area contributed by atoms with Crippen molar-refractivity contribution >= 4 is 17.5 Å². The molecule has 3 heterocycles. The second kappa shape index (κ2) is 13.2. The first-order valence-electron chi connectivity index (χ1n) is 12.8. The van der Waals surface area contributed by atoms with Crippen LogP contribution in [-0.2, 0) is 30.9 Å². The van der Waals surface area contributed by atoms with Crippen LogP contribution in [0.1, 0.15) is 37.8 Å². The summed E-state index contributed by atoms with van der Waals surface area (Å²) >= 11 is -1.65. The zero-order valence-corrected chi connectivity index (χ0v) is 23.0. The van der Waals surface area contributed by atoms with Gasteiger partial charge in [-0.2, -0.15) is 4.21 Å². The zero-order valence-electron chi connectivity index (χ0n) is 22.2. The lowest BCUT2D eigenvalue weighted by Gasteiger charge is -2.31. The molecule has 2 aliphatic heterocycles. The molecular formula is C26H35N3O8S. The second-order valence-electron chi connectivity index (χ2n) is 9.81. The summed E-state index contributed by atoms with van der Waals surface area (Å²) in [6, 6.07) is 5.67. The Hall–Kier alpha value is -2.96. The number of likely N-dealkylation sites (tertiary alicyclic amines) is 1. The van der Waals surface area contributed by atoms with Crippen molar-refractivity contribution in [3.63, 3.8) is 0 Å². The van der Waals surface area contributed by atoms with Gasteiger partial charge in [0.25, 0.3) is 0 Å². The number of aromatic nitrogens is 2. The Morgan fingerprint density at radius 2 is 1.84 bits per heavy atom. The molecule has 1 amide bonds. The van der Waals surface area contributed by atoms with Crippen molar-refractivity contribution in [2.24, 2.45) is 11.8 Å². The number of methoxy groups -OCH3 is 1.